The zero-order valence-corrected chi connectivity index (χ0v) is 10.0. The second-order valence-electron chi connectivity index (χ2n) is 4.36. The maximum absolute atomic E-state index is 2.32. The summed E-state index contributed by atoms with van der Waals surface area (Å²) in [5.74, 6) is 1.28. The van der Waals surface area contributed by atoms with Crippen LogP contribution in [0.5, 0.6) is 0 Å². The molecule has 0 fully saturated rings. The molecule has 0 aromatic heterocycles. The summed E-state index contributed by atoms with van der Waals surface area (Å²) in [6, 6.07) is 10.5. The Bertz CT molecular complexity index is 378. The zero-order valence-electron chi connectivity index (χ0n) is 10.0. The summed E-state index contributed by atoms with van der Waals surface area (Å²) in [7, 11) is 0. The molecule has 1 aromatic rings. The molecule has 0 amide bonds. The van der Waals surface area contributed by atoms with Gasteiger partial charge in [0.1, 0.15) is 0 Å². The number of allylic oxidation sites excluding steroid dienone is 2. The Morgan fingerprint density at radius 2 is 1.75 bits per heavy atom. The highest BCUT2D eigenvalue weighted by Gasteiger charge is 2.13. The molecule has 16 heavy (non-hydrogen) atoms. The van der Waals surface area contributed by atoms with Gasteiger partial charge in [0.05, 0.1) is 0 Å². The molecule has 0 N–H and O–H groups in total. The van der Waals surface area contributed by atoms with Gasteiger partial charge in [-0.05, 0) is 30.4 Å². The largest absolute Gasteiger partial charge is 0.324 e. The highest BCUT2D eigenvalue weighted by molar-refractivity contribution is 5.52. The summed E-state index contributed by atoms with van der Waals surface area (Å²) in [4.78, 5) is 2.19. The van der Waals surface area contributed by atoms with Gasteiger partial charge in [-0.3, -0.25) is 0 Å². The molecule has 1 aromatic carbocycles. The topological polar surface area (TPSA) is 3.24 Å². The van der Waals surface area contributed by atoms with E-state index in [0.29, 0.717) is 11.8 Å². The van der Waals surface area contributed by atoms with E-state index >= 15 is 0 Å². The Kier molecular flexibility index (Phi) is 3.45. The van der Waals surface area contributed by atoms with Crippen LogP contribution in [0.3, 0.4) is 0 Å². The van der Waals surface area contributed by atoms with Gasteiger partial charge < -0.3 is 4.90 Å². The molecular weight excluding hydrogens is 194 g/mol. The molecule has 0 radical (unpaired) electrons. The number of para-hydroxylation sites is 1. The highest BCUT2D eigenvalue weighted by atomic mass is 15.1. The average molecular weight is 213 g/mol. The smallest absolute Gasteiger partial charge is 0.0449 e. The number of benzene rings is 1. The van der Waals surface area contributed by atoms with E-state index in [1.807, 2.05) is 6.07 Å². The Labute approximate surface area is 98.1 Å². The molecule has 1 heterocycles. The third kappa shape index (κ3) is 2.35. The van der Waals surface area contributed by atoms with Crippen molar-refractivity contribution < 1.29 is 0 Å². The normalized spacial score (nSPS) is 24.5. The van der Waals surface area contributed by atoms with Crippen LogP contribution in [-0.2, 0) is 0 Å². The average Bonchev–Trinajstić information content (AvgIpc) is 2.52. The number of nitrogens with zero attached hydrogens (tertiary/aromatic N) is 1. The molecule has 0 bridgehead atoms. The summed E-state index contributed by atoms with van der Waals surface area (Å²) < 4.78 is 0. The van der Waals surface area contributed by atoms with Crippen LogP contribution in [0.25, 0.3) is 0 Å². The van der Waals surface area contributed by atoms with Crippen LogP contribution in [0, 0.1) is 11.8 Å². The maximum atomic E-state index is 2.32. The minimum absolute atomic E-state index is 0.620. The van der Waals surface area contributed by atoms with E-state index in [2.05, 4.69) is 67.6 Å². The minimum atomic E-state index is 0.620. The lowest BCUT2D eigenvalue weighted by atomic mass is 9.92. The molecule has 0 saturated heterocycles. The Balaban J connectivity index is 2.22. The van der Waals surface area contributed by atoms with Crippen LogP contribution in [0.4, 0.5) is 5.69 Å². The van der Waals surface area contributed by atoms with Crippen LogP contribution in [0.2, 0.25) is 0 Å². The summed E-state index contributed by atoms with van der Waals surface area (Å²) in [5.41, 5.74) is 1.22. The van der Waals surface area contributed by atoms with E-state index in [4.69, 9.17) is 0 Å². The SMILES string of the molecule is CC[C@@H]1C=CN(c2ccccc2)C=C[C@@H]1C. The van der Waals surface area contributed by atoms with Gasteiger partial charge in [0, 0.05) is 18.1 Å². The molecule has 84 valence electrons. The van der Waals surface area contributed by atoms with E-state index in [-0.39, 0.29) is 0 Å². The fourth-order valence-electron chi connectivity index (χ4n) is 2.08. The van der Waals surface area contributed by atoms with E-state index in [1.165, 1.54) is 12.1 Å². The fourth-order valence-corrected chi connectivity index (χ4v) is 2.08. The van der Waals surface area contributed by atoms with Gasteiger partial charge in [-0.25, -0.2) is 0 Å². The summed E-state index contributed by atoms with van der Waals surface area (Å²) in [5, 5.41) is 0. The Morgan fingerprint density at radius 1 is 1.06 bits per heavy atom. The van der Waals surface area contributed by atoms with Gasteiger partial charge in [0.15, 0.2) is 0 Å². The molecule has 0 unspecified atom stereocenters. The van der Waals surface area contributed by atoms with Crippen molar-refractivity contribution in [1.29, 1.82) is 0 Å². The Morgan fingerprint density at radius 3 is 2.44 bits per heavy atom. The molecule has 1 aliphatic rings. The van der Waals surface area contributed by atoms with Crippen LogP contribution in [0.15, 0.2) is 54.9 Å². The molecule has 2 rings (SSSR count). The second-order valence-corrected chi connectivity index (χ2v) is 4.36. The third-order valence-corrected chi connectivity index (χ3v) is 3.25. The quantitative estimate of drug-likeness (QED) is 0.711. The predicted octanol–water partition coefficient (Wildman–Crippen LogP) is 4.20. The summed E-state index contributed by atoms with van der Waals surface area (Å²) in [6.45, 7) is 4.53. The first kappa shape index (κ1) is 11.0. The molecule has 1 aliphatic heterocycles. The maximum Gasteiger partial charge on any atom is 0.0449 e. The van der Waals surface area contributed by atoms with Gasteiger partial charge in [-0.15, -0.1) is 0 Å². The van der Waals surface area contributed by atoms with Gasteiger partial charge in [0.2, 0.25) is 0 Å². The second kappa shape index (κ2) is 5.02. The molecule has 0 spiro atoms. The first-order valence-corrected chi connectivity index (χ1v) is 6.01. The molecule has 1 nitrogen and oxygen atoms in total. The molecular formula is C15H19N. The van der Waals surface area contributed by atoms with E-state index in [9.17, 15) is 0 Å². The molecule has 0 aliphatic carbocycles. The van der Waals surface area contributed by atoms with Gasteiger partial charge in [0.25, 0.3) is 0 Å². The van der Waals surface area contributed by atoms with Crippen LogP contribution >= 0.6 is 0 Å². The van der Waals surface area contributed by atoms with Crippen molar-refractivity contribution in [3.63, 3.8) is 0 Å². The molecule has 1 heteroatoms. The molecule has 2 atom stereocenters. The van der Waals surface area contributed by atoms with Gasteiger partial charge in [-0.2, -0.15) is 0 Å². The number of hydrogen-bond acceptors (Lipinski definition) is 1. The number of rotatable bonds is 2. The van der Waals surface area contributed by atoms with Crippen LogP contribution in [0.1, 0.15) is 20.3 Å². The first-order chi connectivity index (χ1) is 7.81. The van der Waals surface area contributed by atoms with E-state index in [1.54, 1.807) is 0 Å². The van der Waals surface area contributed by atoms with E-state index < -0.39 is 0 Å². The zero-order chi connectivity index (χ0) is 11.4. The Hall–Kier alpha value is -1.50. The summed E-state index contributed by atoms with van der Waals surface area (Å²) >= 11 is 0. The van der Waals surface area contributed by atoms with E-state index in [0.717, 1.165) is 0 Å². The van der Waals surface area contributed by atoms with Crippen molar-refractivity contribution in [3.05, 3.63) is 54.9 Å². The van der Waals surface area contributed by atoms with Crippen LogP contribution in [-0.4, -0.2) is 0 Å². The third-order valence-electron chi connectivity index (χ3n) is 3.25. The monoisotopic (exact) mass is 213 g/mol. The van der Waals surface area contributed by atoms with Crippen molar-refractivity contribution in [3.8, 4) is 0 Å². The lowest BCUT2D eigenvalue weighted by molar-refractivity contribution is 0.499. The standard InChI is InChI=1S/C15H19N/c1-3-14-10-12-16(11-9-13(14)2)15-7-5-4-6-8-15/h4-14H,3H2,1-2H3/t13-,14+/m0/s1. The number of hydrogen-bond donors (Lipinski definition) is 0. The van der Waals surface area contributed by atoms with Crippen molar-refractivity contribution in [2.45, 2.75) is 20.3 Å². The van der Waals surface area contributed by atoms with Gasteiger partial charge in [-0.1, -0.05) is 44.2 Å². The van der Waals surface area contributed by atoms with Crippen molar-refractivity contribution in [1.82, 2.24) is 0 Å². The van der Waals surface area contributed by atoms with Gasteiger partial charge >= 0.3 is 0 Å². The van der Waals surface area contributed by atoms with Crippen molar-refractivity contribution >= 4 is 5.69 Å². The van der Waals surface area contributed by atoms with Crippen LogP contribution < -0.4 is 4.90 Å². The summed E-state index contributed by atoms with van der Waals surface area (Å²) in [6.07, 6.45) is 10.2. The first-order valence-electron chi connectivity index (χ1n) is 6.01. The number of anilines is 1. The lowest BCUT2D eigenvalue weighted by Gasteiger charge is -2.14. The minimum Gasteiger partial charge on any atom is -0.324 e. The predicted molar refractivity (Wildman–Crippen MR) is 70.1 cm³/mol. The van der Waals surface area contributed by atoms with Crippen molar-refractivity contribution in [2.75, 3.05) is 4.90 Å². The molecule has 0 saturated carbocycles. The fraction of sp³-hybridized carbons (Fsp3) is 0.333. The van der Waals surface area contributed by atoms with Crippen molar-refractivity contribution in [2.24, 2.45) is 11.8 Å². The lowest BCUT2D eigenvalue weighted by Crippen LogP contribution is -2.05. The highest BCUT2D eigenvalue weighted by Crippen LogP contribution is 2.24.